The van der Waals surface area contributed by atoms with Crippen LogP contribution in [0.15, 0.2) is 57.0 Å². The number of hydrogen-bond acceptors (Lipinski definition) is 4. The number of aromatic nitrogens is 2. The van der Waals surface area contributed by atoms with Crippen LogP contribution >= 0.6 is 23.2 Å². The molecule has 1 aliphatic rings. The van der Waals surface area contributed by atoms with Crippen molar-refractivity contribution in [1.82, 2.24) is 9.55 Å². The van der Waals surface area contributed by atoms with E-state index >= 15 is 0 Å². The largest absolute Gasteiger partial charge is 0.494 e. The number of allylic oxidation sites excluding steroid dienone is 1. The van der Waals surface area contributed by atoms with Crippen molar-refractivity contribution in [3.05, 3.63) is 84.5 Å². The molecule has 0 amide bonds. The predicted molar refractivity (Wildman–Crippen MR) is 107 cm³/mol. The molecule has 8 heteroatoms. The number of nitrogens with zero attached hydrogens (tertiary/aromatic N) is 2. The van der Waals surface area contributed by atoms with Gasteiger partial charge in [-0.1, -0.05) is 47.5 Å². The van der Waals surface area contributed by atoms with Crippen LogP contribution in [0.4, 0.5) is 5.69 Å². The quantitative estimate of drug-likeness (QED) is 0.686. The Labute approximate surface area is 162 Å². The number of aliphatic imine (C=N–C) groups is 1. The van der Waals surface area contributed by atoms with Gasteiger partial charge in [0.2, 0.25) is 5.88 Å². The van der Waals surface area contributed by atoms with E-state index in [2.05, 4.69) is 9.98 Å². The Bertz CT molecular complexity index is 1260. The third-order valence-corrected chi connectivity index (χ3v) is 4.96. The predicted octanol–water partition coefficient (Wildman–Crippen LogP) is 3.79. The van der Waals surface area contributed by atoms with Gasteiger partial charge in [0.15, 0.2) is 0 Å². The number of aromatic hydroxyl groups is 1. The molecule has 0 saturated carbocycles. The lowest BCUT2D eigenvalue weighted by Gasteiger charge is -2.12. The smallest absolute Gasteiger partial charge is 0.335 e. The minimum atomic E-state index is -0.829. The Hall–Kier alpha value is -3.09. The molecular formula is C19H11Cl2N3O3. The fraction of sp³-hybridized carbons (Fsp3) is 0. The number of fused-ring (bicyclic) bond motifs is 1. The van der Waals surface area contributed by atoms with Gasteiger partial charge in [-0.25, -0.2) is 9.36 Å². The van der Waals surface area contributed by atoms with Crippen LogP contribution in [0, 0.1) is 0 Å². The highest BCUT2D eigenvalue weighted by Crippen LogP contribution is 2.34. The van der Waals surface area contributed by atoms with Crippen LogP contribution < -0.4 is 11.2 Å². The van der Waals surface area contributed by atoms with Crippen molar-refractivity contribution in [2.75, 3.05) is 0 Å². The molecule has 0 fully saturated rings. The summed E-state index contributed by atoms with van der Waals surface area (Å²) in [6, 6.07) is 12.0. The number of nitrogens with one attached hydrogen (secondary N) is 1. The topological polar surface area (TPSA) is 87.5 Å². The Morgan fingerprint density at radius 3 is 2.67 bits per heavy atom. The molecule has 2 aromatic carbocycles. The van der Waals surface area contributed by atoms with Crippen LogP contribution in [0.3, 0.4) is 0 Å². The van der Waals surface area contributed by atoms with Gasteiger partial charge < -0.3 is 5.11 Å². The van der Waals surface area contributed by atoms with Gasteiger partial charge >= 0.3 is 5.69 Å². The molecule has 0 spiro atoms. The third kappa shape index (κ3) is 2.89. The Morgan fingerprint density at radius 2 is 1.85 bits per heavy atom. The van der Waals surface area contributed by atoms with E-state index in [0.717, 1.165) is 15.8 Å². The first-order valence-corrected chi connectivity index (χ1v) is 8.61. The standard InChI is InChI=1S/C19H11Cl2N3O3/c20-13-5-3-7-15(16(13)21)24-18(26)12(17(25)23-19(24)27)8-10-9-22-14-6-2-1-4-11(10)14/h1-9,26H,(H,23,25,27). The molecule has 1 aromatic heterocycles. The zero-order chi connectivity index (χ0) is 19.1. The van der Waals surface area contributed by atoms with Crippen molar-refractivity contribution in [3.8, 4) is 11.6 Å². The number of rotatable bonds is 2. The number of para-hydroxylation sites is 1. The van der Waals surface area contributed by atoms with Crippen molar-refractivity contribution in [3.63, 3.8) is 0 Å². The SMILES string of the molecule is O=c1[nH]c(=O)n(-c2cccc(Cl)c2Cl)c(O)c1C=C1C=Nc2ccccc21. The van der Waals surface area contributed by atoms with Crippen molar-refractivity contribution < 1.29 is 5.11 Å². The van der Waals surface area contributed by atoms with Gasteiger partial charge in [-0.3, -0.25) is 14.8 Å². The first-order chi connectivity index (χ1) is 13.0. The van der Waals surface area contributed by atoms with Crippen LogP contribution in [0.1, 0.15) is 11.1 Å². The number of hydrogen-bond donors (Lipinski definition) is 2. The summed E-state index contributed by atoms with van der Waals surface area (Å²) in [5.41, 5.74) is 0.711. The van der Waals surface area contributed by atoms with E-state index < -0.39 is 17.1 Å². The molecule has 2 N–H and O–H groups in total. The normalized spacial score (nSPS) is 13.9. The molecule has 1 aliphatic heterocycles. The molecule has 0 radical (unpaired) electrons. The van der Waals surface area contributed by atoms with E-state index in [0.29, 0.717) is 5.57 Å². The average Bonchev–Trinajstić information content (AvgIpc) is 3.05. The van der Waals surface area contributed by atoms with E-state index in [1.807, 2.05) is 24.3 Å². The lowest BCUT2D eigenvalue weighted by Crippen LogP contribution is -2.30. The molecule has 4 rings (SSSR count). The fourth-order valence-electron chi connectivity index (χ4n) is 2.87. The highest BCUT2D eigenvalue weighted by Gasteiger charge is 2.19. The summed E-state index contributed by atoms with van der Waals surface area (Å²) in [4.78, 5) is 31.1. The molecule has 0 atom stereocenters. The summed E-state index contributed by atoms with van der Waals surface area (Å²) in [6.07, 6.45) is 3.06. The third-order valence-electron chi connectivity index (χ3n) is 4.15. The summed E-state index contributed by atoms with van der Waals surface area (Å²) >= 11 is 12.2. The molecule has 134 valence electrons. The summed E-state index contributed by atoms with van der Waals surface area (Å²) < 4.78 is 0.903. The number of halogens is 2. The van der Waals surface area contributed by atoms with Crippen LogP contribution in [-0.2, 0) is 0 Å². The molecule has 0 aliphatic carbocycles. The van der Waals surface area contributed by atoms with E-state index in [-0.39, 0.29) is 21.3 Å². The molecule has 27 heavy (non-hydrogen) atoms. The summed E-state index contributed by atoms with van der Waals surface area (Å²) in [7, 11) is 0. The van der Waals surface area contributed by atoms with E-state index in [4.69, 9.17) is 23.2 Å². The molecule has 0 bridgehead atoms. The van der Waals surface area contributed by atoms with Crippen molar-refractivity contribution in [2.45, 2.75) is 0 Å². The minimum absolute atomic E-state index is 0.0787. The monoisotopic (exact) mass is 399 g/mol. The van der Waals surface area contributed by atoms with Gasteiger partial charge in [-0.15, -0.1) is 0 Å². The highest BCUT2D eigenvalue weighted by atomic mass is 35.5. The summed E-state index contributed by atoms with van der Waals surface area (Å²) in [6.45, 7) is 0. The van der Waals surface area contributed by atoms with E-state index in [9.17, 15) is 14.7 Å². The van der Waals surface area contributed by atoms with Gasteiger partial charge in [0.05, 0.1) is 21.4 Å². The zero-order valence-corrected chi connectivity index (χ0v) is 15.1. The van der Waals surface area contributed by atoms with Crippen molar-refractivity contribution in [2.24, 2.45) is 4.99 Å². The van der Waals surface area contributed by atoms with E-state index in [1.165, 1.54) is 12.1 Å². The average molecular weight is 400 g/mol. The summed E-state index contributed by atoms with van der Waals surface area (Å²) in [5.74, 6) is -0.543. The van der Waals surface area contributed by atoms with Gasteiger partial charge in [0.25, 0.3) is 5.56 Å². The molecular weight excluding hydrogens is 389 g/mol. The second-order valence-electron chi connectivity index (χ2n) is 5.78. The highest BCUT2D eigenvalue weighted by molar-refractivity contribution is 6.43. The van der Waals surface area contributed by atoms with Crippen LogP contribution in [0.5, 0.6) is 5.88 Å². The first-order valence-electron chi connectivity index (χ1n) is 7.85. The van der Waals surface area contributed by atoms with Crippen molar-refractivity contribution >= 4 is 46.8 Å². The van der Waals surface area contributed by atoms with Gasteiger partial charge in [0, 0.05) is 17.4 Å². The van der Waals surface area contributed by atoms with Gasteiger partial charge in [0.1, 0.15) is 5.56 Å². The Kier molecular flexibility index (Phi) is 4.22. The molecule has 2 heterocycles. The molecule has 0 saturated heterocycles. The maximum Gasteiger partial charge on any atom is 0.335 e. The Balaban J connectivity index is 1.96. The van der Waals surface area contributed by atoms with Crippen LogP contribution in [-0.4, -0.2) is 20.9 Å². The molecule has 6 nitrogen and oxygen atoms in total. The molecule has 3 aromatic rings. The lowest BCUT2D eigenvalue weighted by molar-refractivity contribution is 0.429. The number of H-pyrrole nitrogens is 1. The second kappa shape index (κ2) is 6.57. The van der Waals surface area contributed by atoms with Gasteiger partial charge in [-0.2, -0.15) is 0 Å². The maximum absolute atomic E-state index is 12.3. The second-order valence-corrected chi connectivity index (χ2v) is 6.57. The van der Waals surface area contributed by atoms with Crippen molar-refractivity contribution in [1.29, 1.82) is 0 Å². The lowest BCUT2D eigenvalue weighted by atomic mass is 10.1. The molecule has 0 unspecified atom stereocenters. The van der Waals surface area contributed by atoms with E-state index in [1.54, 1.807) is 18.3 Å². The zero-order valence-electron chi connectivity index (χ0n) is 13.6. The fourth-order valence-corrected chi connectivity index (χ4v) is 3.25. The van der Waals surface area contributed by atoms with Crippen LogP contribution in [0.25, 0.3) is 17.3 Å². The minimum Gasteiger partial charge on any atom is -0.494 e. The van der Waals surface area contributed by atoms with Crippen LogP contribution in [0.2, 0.25) is 10.0 Å². The summed E-state index contributed by atoms with van der Waals surface area (Å²) in [5, 5.41) is 11.0. The Morgan fingerprint density at radius 1 is 1.07 bits per heavy atom. The van der Waals surface area contributed by atoms with Gasteiger partial charge in [-0.05, 0) is 24.3 Å². The number of benzene rings is 2. The maximum atomic E-state index is 12.3. The first kappa shape index (κ1) is 17.3. The number of aromatic amines is 1.